The van der Waals surface area contributed by atoms with Crippen LogP contribution < -0.4 is 4.90 Å². The van der Waals surface area contributed by atoms with Crippen molar-refractivity contribution < 1.29 is 17.9 Å². The molecule has 2 aromatic rings. The summed E-state index contributed by atoms with van der Waals surface area (Å²) in [6.07, 6.45) is 0.321. The minimum atomic E-state index is -3.15. The van der Waals surface area contributed by atoms with Gasteiger partial charge in [0.2, 0.25) is 0 Å². The second kappa shape index (κ2) is 8.88. The number of ketones is 1. The summed E-state index contributed by atoms with van der Waals surface area (Å²) in [7, 11) is -3.15. The van der Waals surface area contributed by atoms with Crippen LogP contribution >= 0.6 is 0 Å². The van der Waals surface area contributed by atoms with Gasteiger partial charge in [0.1, 0.15) is 0 Å². The maximum atomic E-state index is 12.7. The average Bonchev–Trinajstić information content (AvgIpc) is 2.69. The SMILES string of the molecule is CC(C)S(=O)(=O)Cc1ccc(C(=O)Cc2cccc(N3CCOCC3)c2)cc1. The molecule has 0 atom stereocenters. The molecule has 1 aliphatic rings. The Bertz CT molecular complexity index is 914. The highest BCUT2D eigenvalue weighted by atomic mass is 32.2. The highest BCUT2D eigenvalue weighted by Crippen LogP contribution is 2.19. The van der Waals surface area contributed by atoms with E-state index in [-0.39, 0.29) is 11.5 Å². The summed E-state index contributed by atoms with van der Waals surface area (Å²) >= 11 is 0. The molecular weight excluding hydrogens is 374 g/mol. The second-order valence-corrected chi connectivity index (χ2v) is 9.98. The van der Waals surface area contributed by atoms with Gasteiger partial charge in [-0.3, -0.25) is 4.79 Å². The molecule has 150 valence electrons. The van der Waals surface area contributed by atoms with Gasteiger partial charge in [0, 0.05) is 30.8 Å². The van der Waals surface area contributed by atoms with Crippen LogP contribution in [0.5, 0.6) is 0 Å². The van der Waals surface area contributed by atoms with Crippen LogP contribution in [0.1, 0.15) is 35.3 Å². The van der Waals surface area contributed by atoms with Crippen LogP contribution in [-0.4, -0.2) is 45.8 Å². The molecule has 0 aromatic heterocycles. The molecular formula is C22H27NO4S. The summed E-state index contributed by atoms with van der Waals surface area (Å²) in [5.74, 6) is 0.0261. The highest BCUT2D eigenvalue weighted by molar-refractivity contribution is 7.91. The van der Waals surface area contributed by atoms with Crippen LogP contribution in [0.25, 0.3) is 0 Å². The lowest BCUT2D eigenvalue weighted by Gasteiger charge is -2.29. The standard InChI is InChI=1S/C22H27NO4S/c1-17(2)28(25,26)16-18-6-8-20(9-7-18)22(24)15-19-4-3-5-21(14-19)23-10-12-27-13-11-23/h3-9,14,17H,10-13,15-16H2,1-2H3. The van der Waals surface area contributed by atoms with Crippen molar-refractivity contribution in [1.82, 2.24) is 0 Å². The molecule has 1 aliphatic heterocycles. The Kier molecular flexibility index (Phi) is 6.52. The number of benzene rings is 2. The van der Waals surface area contributed by atoms with Crippen molar-refractivity contribution in [3.05, 3.63) is 65.2 Å². The van der Waals surface area contributed by atoms with E-state index in [1.54, 1.807) is 38.1 Å². The average molecular weight is 402 g/mol. The Hall–Kier alpha value is -2.18. The van der Waals surface area contributed by atoms with Crippen molar-refractivity contribution in [3.8, 4) is 0 Å². The van der Waals surface area contributed by atoms with Crippen molar-refractivity contribution in [3.63, 3.8) is 0 Å². The zero-order chi connectivity index (χ0) is 20.1. The van der Waals surface area contributed by atoms with Crippen molar-refractivity contribution in [1.29, 1.82) is 0 Å². The topological polar surface area (TPSA) is 63.7 Å². The Morgan fingerprint density at radius 1 is 1.04 bits per heavy atom. The number of anilines is 1. The second-order valence-electron chi connectivity index (χ2n) is 7.42. The molecule has 6 heteroatoms. The van der Waals surface area contributed by atoms with Crippen LogP contribution in [0.3, 0.4) is 0 Å². The Morgan fingerprint density at radius 2 is 1.71 bits per heavy atom. The first-order valence-corrected chi connectivity index (χ1v) is 11.3. The summed E-state index contributed by atoms with van der Waals surface area (Å²) in [6.45, 7) is 6.52. The number of sulfone groups is 1. The molecule has 5 nitrogen and oxygen atoms in total. The van der Waals surface area contributed by atoms with Gasteiger partial charge in [0.25, 0.3) is 0 Å². The van der Waals surface area contributed by atoms with E-state index in [9.17, 15) is 13.2 Å². The molecule has 1 saturated heterocycles. The van der Waals surface area contributed by atoms with E-state index in [2.05, 4.69) is 17.0 Å². The third kappa shape index (κ3) is 5.20. The Balaban J connectivity index is 1.66. The Labute approximate surface area is 167 Å². The largest absolute Gasteiger partial charge is 0.378 e. The summed E-state index contributed by atoms with van der Waals surface area (Å²) < 4.78 is 29.5. The molecule has 0 bridgehead atoms. The highest BCUT2D eigenvalue weighted by Gasteiger charge is 2.17. The minimum absolute atomic E-state index is 0.000726. The zero-order valence-corrected chi connectivity index (χ0v) is 17.2. The van der Waals surface area contributed by atoms with Crippen LogP contribution in [0.15, 0.2) is 48.5 Å². The zero-order valence-electron chi connectivity index (χ0n) is 16.4. The molecule has 0 saturated carbocycles. The number of morpholine rings is 1. The third-order valence-electron chi connectivity index (χ3n) is 5.01. The molecule has 3 rings (SSSR count). The predicted octanol–water partition coefficient (Wildman–Crippen LogP) is 3.27. The smallest absolute Gasteiger partial charge is 0.167 e. The maximum Gasteiger partial charge on any atom is 0.167 e. The van der Waals surface area contributed by atoms with Gasteiger partial charge in [-0.1, -0.05) is 36.4 Å². The maximum absolute atomic E-state index is 12.7. The van der Waals surface area contributed by atoms with Crippen LogP contribution in [0, 0.1) is 0 Å². The van der Waals surface area contributed by atoms with E-state index in [1.165, 1.54) is 0 Å². The minimum Gasteiger partial charge on any atom is -0.378 e. The van der Waals surface area contributed by atoms with E-state index in [1.807, 2.05) is 12.1 Å². The summed E-state index contributed by atoms with van der Waals surface area (Å²) in [4.78, 5) is 14.9. The van der Waals surface area contributed by atoms with Crippen molar-refractivity contribution in [2.24, 2.45) is 0 Å². The van der Waals surface area contributed by atoms with E-state index >= 15 is 0 Å². The fraction of sp³-hybridized carbons (Fsp3) is 0.409. The Morgan fingerprint density at radius 3 is 2.36 bits per heavy atom. The number of carbonyl (C=O) groups excluding carboxylic acids is 1. The molecule has 0 amide bonds. The molecule has 0 spiro atoms. The quantitative estimate of drug-likeness (QED) is 0.667. The van der Waals surface area contributed by atoms with E-state index in [4.69, 9.17) is 4.74 Å². The van der Waals surface area contributed by atoms with E-state index in [0.29, 0.717) is 17.5 Å². The normalized spacial score (nSPS) is 15.0. The van der Waals surface area contributed by atoms with Crippen LogP contribution in [0.2, 0.25) is 0 Å². The number of hydrogen-bond donors (Lipinski definition) is 0. The first kappa shape index (κ1) is 20.6. The van der Waals surface area contributed by atoms with Gasteiger partial charge >= 0.3 is 0 Å². The molecule has 1 fully saturated rings. The van der Waals surface area contributed by atoms with Crippen molar-refractivity contribution in [2.45, 2.75) is 31.3 Å². The van der Waals surface area contributed by atoms with Gasteiger partial charge in [-0.15, -0.1) is 0 Å². The monoisotopic (exact) mass is 401 g/mol. The van der Waals surface area contributed by atoms with E-state index in [0.717, 1.165) is 37.6 Å². The molecule has 28 heavy (non-hydrogen) atoms. The van der Waals surface area contributed by atoms with Gasteiger partial charge in [-0.25, -0.2) is 8.42 Å². The lowest BCUT2D eigenvalue weighted by molar-refractivity contribution is 0.0993. The van der Waals surface area contributed by atoms with Crippen molar-refractivity contribution >= 4 is 21.3 Å². The molecule has 0 unspecified atom stereocenters. The molecule has 0 aliphatic carbocycles. The number of rotatable bonds is 7. The first-order chi connectivity index (χ1) is 13.3. The number of Topliss-reactive ketones (excluding diaryl/α,β-unsaturated/α-hetero) is 1. The summed E-state index contributed by atoms with van der Waals surface area (Å²) in [5.41, 5.74) is 3.39. The van der Waals surface area contributed by atoms with Gasteiger partial charge in [0.05, 0.1) is 24.2 Å². The van der Waals surface area contributed by atoms with Crippen molar-refractivity contribution in [2.75, 3.05) is 31.2 Å². The molecule has 0 N–H and O–H groups in total. The van der Waals surface area contributed by atoms with Gasteiger partial charge in [-0.05, 0) is 37.1 Å². The van der Waals surface area contributed by atoms with Crippen LogP contribution in [0.4, 0.5) is 5.69 Å². The lowest BCUT2D eigenvalue weighted by Crippen LogP contribution is -2.36. The fourth-order valence-corrected chi connectivity index (χ4v) is 4.15. The number of carbonyl (C=O) groups is 1. The number of hydrogen-bond acceptors (Lipinski definition) is 5. The number of ether oxygens (including phenoxy) is 1. The third-order valence-corrected chi connectivity index (χ3v) is 7.19. The molecule has 0 radical (unpaired) electrons. The molecule has 1 heterocycles. The predicted molar refractivity (Wildman–Crippen MR) is 112 cm³/mol. The van der Waals surface area contributed by atoms with Gasteiger partial charge < -0.3 is 9.64 Å². The first-order valence-electron chi connectivity index (χ1n) is 9.60. The summed E-state index contributed by atoms with van der Waals surface area (Å²) in [6, 6.07) is 15.0. The van der Waals surface area contributed by atoms with Gasteiger partial charge in [0.15, 0.2) is 15.6 Å². The fourth-order valence-electron chi connectivity index (χ4n) is 3.16. The van der Waals surface area contributed by atoms with Crippen LogP contribution in [-0.2, 0) is 26.7 Å². The lowest BCUT2D eigenvalue weighted by atomic mass is 10.0. The summed E-state index contributed by atoms with van der Waals surface area (Å²) in [5, 5.41) is -0.410. The number of nitrogens with zero attached hydrogens (tertiary/aromatic N) is 1. The molecule has 2 aromatic carbocycles. The van der Waals surface area contributed by atoms with E-state index < -0.39 is 15.1 Å². The van der Waals surface area contributed by atoms with Gasteiger partial charge in [-0.2, -0.15) is 0 Å².